The molecule has 2 aromatic heterocycles. The van der Waals surface area contributed by atoms with E-state index < -0.39 is 15.6 Å². The lowest BCUT2D eigenvalue weighted by Crippen LogP contribution is -2.75. The number of imidazole rings is 1. The average Bonchev–Trinajstić information content (AvgIpc) is 3.48. The van der Waals surface area contributed by atoms with Gasteiger partial charge in [-0.05, 0) is 36.2 Å². The van der Waals surface area contributed by atoms with Gasteiger partial charge in [-0.25, -0.2) is 33.3 Å². The highest BCUT2D eigenvalue weighted by molar-refractivity contribution is 7.89. The van der Waals surface area contributed by atoms with Gasteiger partial charge in [0.05, 0.1) is 25.0 Å². The first-order valence-electron chi connectivity index (χ1n) is 12.5. The number of carbonyl (C=O) groups is 1. The number of rotatable bonds is 6. The molecule has 0 radical (unpaired) electrons. The Morgan fingerprint density at radius 1 is 1.00 bits per heavy atom. The van der Waals surface area contributed by atoms with Crippen molar-refractivity contribution >= 4 is 57.0 Å². The monoisotopic (exact) mass is 596 g/mol. The van der Waals surface area contributed by atoms with Gasteiger partial charge >= 0.3 is 0 Å². The summed E-state index contributed by atoms with van der Waals surface area (Å²) in [5, 5.41) is 0.626. The lowest BCUT2D eigenvalue weighted by atomic mass is 9.91. The van der Waals surface area contributed by atoms with E-state index in [1.54, 1.807) is 43.7 Å². The molecule has 40 heavy (non-hydrogen) atoms. The quantitative estimate of drug-likeness (QED) is 0.365. The Bertz CT molecular complexity index is 1720. The summed E-state index contributed by atoms with van der Waals surface area (Å²) in [5.74, 6) is -0.167. The van der Waals surface area contributed by atoms with Gasteiger partial charge in [-0.1, -0.05) is 47.5 Å². The Balaban J connectivity index is 1.46. The van der Waals surface area contributed by atoms with E-state index in [0.717, 1.165) is 16.7 Å². The maximum Gasteiger partial charge on any atom is 0.261 e. The SMILES string of the molecule is C[C@@]1(Cc2ccc(-c3cncnc3)cc2)C(=O)N(c2cc(Cl)cc(Cl)c2)c2ncc(S(=O)(=O)N3CC=[NH+]CC3)n21. The van der Waals surface area contributed by atoms with Crippen LogP contribution >= 0.6 is 23.2 Å². The van der Waals surface area contributed by atoms with E-state index in [4.69, 9.17) is 23.2 Å². The number of anilines is 2. The molecule has 2 aliphatic rings. The molecule has 0 saturated carbocycles. The van der Waals surface area contributed by atoms with Crippen LogP contribution in [0.3, 0.4) is 0 Å². The van der Waals surface area contributed by atoms with Gasteiger partial charge in [0, 0.05) is 34.4 Å². The molecule has 0 fully saturated rings. The molecule has 0 saturated heterocycles. The van der Waals surface area contributed by atoms with Crippen molar-refractivity contribution in [1.29, 1.82) is 0 Å². The molecule has 0 aliphatic carbocycles. The smallest absolute Gasteiger partial charge is 0.261 e. The van der Waals surface area contributed by atoms with Gasteiger partial charge in [0.2, 0.25) is 5.95 Å². The van der Waals surface area contributed by atoms with E-state index >= 15 is 0 Å². The largest absolute Gasteiger partial charge is 0.284 e. The number of amides is 1. The highest BCUT2D eigenvalue weighted by Gasteiger charge is 2.52. The van der Waals surface area contributed by atoms with Crippen LogP contribution in [0.25, 0.3) is 11.1 Å². The van der Waals surface area contributed by atoms with E-state index in [-0.39, 0.29) is 29.8 Å². The summed E-state index contributed by atoms with van der Waals surface area (Å²) in [6, 6.07) is 12.4. The van der Waals surface area contributed by atoms with Gasteiger partial charge in [-0.2, -0.15) is 4.31 Å². The van der Waals surface area contributed by atoms with Crippen LogP contribution in [0.5, 0.6) is 0 Å². The van der Waals surface area contributed by atoms with E-state index in [2.05, 4.69) is 19.9 Å². The van der Waals surface area contributed by atoms with Gasteiger partial charge in [0.25, 0.3) is 15.9 Å². The second-order valence-corrected chi connectivity index (χ2v) is 12.6. The van der Waals surface area contributed by atoms with Gasteiger partial charge < -0.3 is 0 Å². The van der Waals surface area contributed by atoms with Gasteiger partial charge in [-0.3, -0.25) is 9.36 Å². The fourth-order valence-corrected chi connectivity index (χ4v) is 7.26. The molecule has 13 heteroatoms. The second-order valence-electron chi connectivity index (χ2n) is 9.80. The van der Waals surface area contributed by atoms with Crippen molar-refractivity contribution in [2.45, 2.75) is 23.9 Å². The van der Waals surface area contributed by atoms with Crippen molar-refractivity contribution in [3.8, 4) is 11.1 Å². The summed E-state index contributed by atoms with van der Waals surface area (Å²) in [7, 11) is -3.98. The fourth-order valence-electron chi connectivity index (χ4n) is 5.17. The van der Waals surface area contributed by atoms with Crippen LogP contribution in [-0.2, 0) is 26.8 Å². The fraction of sp³-hybridized carbons (Fsp3) is 0.222. The number of hydrogen-bond acceptors (Lipinski definition) is 6. The highest BCUT2D eigenvalue weighted by atomic mass is 35.5. The number of hydrogen-bond donors (Lipinski definition) is 1. The summed E-state index contributed by atoms with van der Waals surface area (Å²) in [5.41, 5.74) is 1.69. The number of benzene rings is 2. The number of carbonyl (C=O) groups excluding carboxylic acids is 1. The predicted molar refractivity (Wildman–Crippen MR) is 151 cm³/mol. The molecule has 1 N–H and O–H groups in total. The molecular formula is C27H24Cl2N7O3S+. The topological polar surface area (TPSA) is 115 Å². The van der Waals surface area contributed by atoms with Gasteiger partial charge in [0.1, 0.15) is 11.9 Å². The maximum absolute atomic E-state index is 14.3. The van der Waals surface area contributed by atoms with Crippen molar-refractivity contribution < 1.29 is 18.2 Å². The Morgan fingerprint density at radius 2 is 1.70 bits per heavy atom. The summed E-state index contributed by atoms with van der Waals surface area (Å²) in [4.78, 5) is 31.3. The Kier molecular flexibility index (Phi) is 6.70. The first-order valence-corrected chi connectivity index (χ1v) is 14.7. The molecule has 1 atom stereocenters. The van der Waals surface area contributed by atoms with Crippen molar-refractivity contribution in [2.75, 3.05) is 24.5 Å². The molecule has 2 aromatic carbocycles. The molecule has 2 aliphatic heterocycles. The summed E-state index contributed by atoms with van der Waals surface area (Å²) < 4.78 is 30.6. The number of halogens is 2. The minimum Gasteiger partial charge on any atom is -0.284 e. The van der Waals surface area contributed by atoms with E-state index in [1.807, 2.05) is 24.3 Å². The molecule has 6 rings (SSSR count). The normalized spacial score (nSPS) is 19.3. The number of nitrogens with one attached hydrogen (secondary N) is 1. The molecule has 0 unspecified atom stereocenters. The molecule has 0 bridgehead atoms. The summed E-state index contributed by atoms with van der Waals surface area (Å²) in [6.45, 7) is 2.71. The molecule has 204 valence electrons. The molecule has 10 nitrogen and oxygen atoms in total. The van der Waals surface area contributed by atoms with Crippen LogP contribution in [0.15, 0.2) is 72.4 Å². The van der Waals surface area contributed by atoms with Crippen molar-refractivity contribution in [3.05, 3.63) is 83.0 Å². The molecule has 1 amide bonds. The van der Waals surface area contributed by atoms with Crippen molar-refractivity contribution in [3.63, 3.8) is 0 Å². The third-order valence-corrected chi connectivity index (χ3v) is 9.38. The molecule has 0 spiro atoms. The van der Waals surface area contributed by atoms with Crippen molar-refractivity contribution in [1.82, 2.24) is 23.8 Å². The van der Waals surface area contributed by atoms with Crippen LogP contribution in [0.4, 0.5) is 11.6 Å². The predicted octanol–water partition coefficient (Wildman–Crippen LogP) is 2.44. The molecule has 4 heterocycles. The minimum atomic E-state index is -3.98. The van der Waals surface area contributed by atoms with E-state index in [9.17, 15) is 13.2 Å². The highest BCUT2D eigenvalue weighted by Crippen LogP contribution is 2.44. The zero-order valence-electron chi connectivity index (χ0n) is 21.3. The number of fused-ring (bicyclic) bond motifs is 1. The zero-order valence-corrected chi connectivity index (χ0v) is 23.7. The van der Waals surface area contributed by atoms with Gasteiger partial charge in [0.15, 0.2) is 17.8 Å². The molecule has 4 aromatic rings. The van der Waals surface area contributed by atoms with E-state index in [1.165, 1.54) is 26.3 Å². The zero-order chi connectivity index (χ0) is 28.1. The third-order valence-electron chi connectivity index (χ3n) is 7.12. The lowest BCUT2D eigenvalue weighted by molar-refractivity contribution is -0.457. The van der Waals surface area contributed by atoms with Crippen LogP contribution in [0.2, 0.25) is 10.0 Å². The first-order chi connectivity index (χ1) is 19.2. The van der Waals surface area contributed by atoms with Crippen LogP contribution in [-0.4, -0.2) is 64.0 Å². The van der Waals surface area contributed by atoms with Crippen LogP contribution < -0.4 is 9.89 Å². The lowest BCUT2D eigenvalue weighted by Gasteiger charge is -2.28. The molecular weight excluding hydrogens is 573 g/mol. The van der Waals surface area contributed by atoms with Gasteiger partial charge in [-0.15, -0.1) is 0 Å². The Morgan fingerprint density at radius 3 is 2.35 bits per heavy atom. The second kappa shape index (κ2) is 10.1. The Hall–Kier alpha value is -3.64. The standard InChI is InChI=1S/C27H23Cl2N7O3S/c1-27(13-18-2-4-19(5-3-18)20-14-31-17-32-15-20)25(37)35(23-11-21(28)10-22(29)12-23)26-33-16-24(36(26)27)40(38,39)34-8-6-30-7-9-34/h2-6,10-12,14-17H,7-9,13H2,1H3/p+1/t27-/m1/s1. The van der Waals surface area contributed by atoms with Crippen molar-refractivity contribution in [2.24, 2.45) is 0 Å². The first kappa shape index (κ1) is 26.6. The number of nitrogens with zero attached hydrogens (tertiary/aromatic N) is 6. The third kappa shape index (κ3) is 4.48. The maximum atomic E-state index is 14.3. The summed E-state index contributed by atoms with van der Waals surface area (Å²) >= 11 is 12.6. The minimum absolute atomic E-state index is 0.0534. The van der Waals surface area contributed by atoms with E-state index in [0.29, 0.717) is 28.8 Å². The summed E-state index contributed by atoms with van der Waals surface area (Å²) in [6.07, 6.45) is 8.14. The number of sulfonamides is 1. The Labute approximate surface area is 241 Å². The van der Waals surface area contributed by atoms with Crippen LogP contribution in [0, 0.1) is 0 Å². The van der Waals surface area contributed by atoms with Crippen LogP contribution in [0.1, 0.15) is 12.5 Å². The average molecular weight is 598 g/mol. The number of aromatic nitrogens is 4.